The van der Waals surface area contributed by atoms with E-state index >= 15 is 0 Å². The van der Waals surface area contributed by atoms with Crippen molar-refractivity contribution in [3.05, 3.63) is 266 Å². The van der Waals surface area contributed by atoms with Crippen LogP contribution in [0.15, 0.2) is 272 Å². The van der Waals surface area contributed by atoms with Crippen LogP contribution < -0.4 is 9.80 Å². The van der Waals surface area contributed by atoms with Gasteiger partial charge in [0.2, 0.25) is 0 Å². The summed E-state index contributed by atoms with van der Waals surface area (Å²) in [5, 5.41) is 12.7. The highest BCUT2D eigenvalue weighted by molar-refractivity contribution is 6.20. The van der Waals surface area contributed by atoms with Crippen molar-refractivity contribution in [1.29, 1.82) is 0 Å². The average molecular weight is 1050 g/mol. The molecule has 13 aromatic carbocycles. The predicted octanol–water partition coefficient (Wildman–Crippen LogP) is 22.5. The second kappa shape index (κ2) is 17.8. The van der Waals surface area contributed by atoms with Crippen LogP contribution in [0.2, 0.25) is 0 Å². The molecule has 0 saturated heterocycles. The molecule has 4 aromatic heterocycles. The normalized spacial score (nSPS) is 12.0. The molecule has 0 amide bonds. The van der Waals surface area contributed by atoms with Gasteiger partial charge in [-0.15, -0.1) is 0 Å². The van der Waals surface area contributed by atoms with Gasteiger partial charge in [-0.3, -0.25) is 0 Å². The van der Waals surface area contributed by atoms with E-state index in [0.29, 0.717) is 0 Å². The molecule has 17 rings (SSSR count). The highest BCUT2D eigenvalue weighted by Crippen LogP contribution is 2.51. The smallest absolute Gasteiger partial charge is 0.160 e. The molecule has 0 saturated carbocycles. The Kier molecular flexibility index (Phi) is 10.0. The van der Waals surface area contributed by atoms with Crippen molar-refractivity contribution in [3.8, 4) is 22.3 Å². The number of nitrogens with zero attached hydrogens (tertiary/aromatic N) is 2. The van der Waals surface area contributed by atoms with Crippen LogP contribution in [0.4, 0.5) is 34.1 Å². The molecule has 0 aliphatic heterocycles. The van der Waals surface area contributed by atoms with Crippen molar-refractivity contribution in [2.45, 2.75) is 13.8 Å². The molecule has 0 radical (unpaired) electrons. The fourth-order valence-electron chi connectivity index (χ4n) is 12.9. The van der Waals surface area contributed by atoms with Crippen LogP contribution in [0.1, 0.15) is 11.1 Å². The lowest BCUT2D eigenvalue weighted by Crippen LogP contribution is -2.13. The fraction of sp³-hybridized carbons (Fsp3) is 0.0263. The Labute approximate surface area is 470 Å². The van der Waals surface area contributed by atoms with Crippen LogP contribution in [-0.4, -0.2) is 0 Å². The molecule has 6 nitrogen and oxygen atoms in total. The van der Waals surface area contributed by atoms with E-state index in [-0.39, 0.29) is 0 Å². The van der Waals surface area contributed by atoms with E-state index in [4.69, 9.17) is 17.7 Å². The van der Waals surface area contributed by atoms with Gasteiger partial charge in [-0.05, 0) is 155 Å². The molecule has 0 atom stereocenters. The van der Waals surface area contributed by atoms with Gasteiger partial charge in [-0.1, -0.05) is 158 Å². The summed E-state index contributed by atoms with van der Waals surface area (Å²) >= 11 is 0. The monoisotopic (exact) mass is 1050 g/mol. The second-order valence-electron chi connectivity index (χ2n) is 21.7. The van der Waals surface area contributed by atoms with E-state index in [9.17, 15) is 0 Å². The summed E-state index contributed by atoms with van der Waals surface area (Å²) < 4.78 is 27.5. The zero-order valence-corrected chi connectivity index (χ0v) is 44.8. The molecule has 0 unspecified atom stereocenters. The van der Waals surface area contributed by atoms with Crippen LogP contribution in [0.25, 0.3) is 132 Å². The second-order valence-corrected chi connectivity index (χ2v) is 21.7. The predicted molar refractivity (Wildman–Crippen MR) is 340 cm³/mol. The Morgan fingerprint density at radius 1 is 0.256 bits per heavy atom. The van der Waals surface area contributed by atoms with Gasteiger partial charge in [0.25, 0.3) is 0 Å². The van der Waals surface area contributed by atoms with Crippen LogP contribution >= 0.6 is 0 Å². The summed E-state index contributed by atoms with van der Waals surface area (Å²) in [5.74, 6) is 0. The molecule has 4 heterocycles. The Hall–Kier alpha value is -10.8. The van der Waals surface area contributed by atoms with Crippen LogP contribution in [0.3, 0.4) is 0 Å². The van der Waals surface area contributed by atoms with Gasteiger partial charge < -0.3 is 27.5 Å². The molecule has 0 aliphatic rings. The molecule has 386 valence electrons. The van der Waals surface area contributed by atoms with Crippen LogP contribution in [0, 0.1) is 13.8 Å². The lowest BCUT2D eigenvalue weighted by atomic mass is 9.98. The lowest BCUT2D eigenvalue weighted by Gasteiger charge is -2.29. The SMILES string of the molecule is Cc1ccccc1N(c1ccc2cc3c(cc2c1)oc1cc2c(cc13)oc1cc3cc(N(c4ccccc4C)c4c(-c5ccccc5)ccc5c4oc4ccccc45)ccc3cc12)c1c(-c2ccccc2)ccc2c1oc1ccccc12. The first-order chi connectivity index (χ1) is 40.5. The van der Waals surface area contributed by atoms with E-state index in [1.165, 1.54) is 0 Å². The van der Waals surface area contributed by atoms with E-state index in [0.717, 1.165) is 177 Å². The number of rotatable bonds is 8. The number of aryl methyl sites for hydroxylation is 2. The third-order valence-electron chi connectivity index (χ3n) is 16.8. The van der Waals surface area contributed by atoms with Crippen molar-refractivity contribution in [2.75, 3.05) is 9.80 Å². The van der Waals surface area contributed by atoms with Gasteiger partial charge in [0, 0.05) is 77.0 Å². The Morgan fingerprint density at radius 3 is 1.10 bits per heavy atom. The highest BCUT2D eigenvalue weighted by Gasteiger charge is 2.28. The number of furan rings is 4. The third kappa shape index (κ3) is 7.08. The minimum absolute atomic E-state index is 0.810. The Morgan fingerprint density at radius 2 is 0.646 bits per heavy atom. The lowest BCUT2D eigenvalue weighted by molar-refractivity contribution is 0.664. The zero-order chi connectivity index (χ0) is 54.2. The standard InChI is InChI=1S/C76H48N2O4/c1-45-17-9-13-25-65(45)77(73-55(47-19-5-3-6-20-47)33-35-59-57-23-11-15-27-67(57)81-75(59)73)53-31-29-49-39-61-63-43-72-64(44-71(63)79-69(61)41-51(49)37-53)62-40-50-30-32-54(38-52(50)42-70(62)80-72)78(66-26-14-10-18-46(66)2)74-56(48-21-7-4-8-22-48)34-36-60-58-24-12-16-28-68(58)82-76(60)74/h3-44H,1-2H3. The summed E-state index contributed by atoms with van der Waals surface area (Å²) in [7, 11) is 0. The van der Waals surface area contributed by atoms with Crippen LogP contribution in [0.5, 0.6) is 0 Å². The molecule has 0 aliphatic carbocycles. The van der Waals surface area contributed by atoms with Gasteiger partial charge in [-0.2, -0.15) is 0 Å². The molecule has 0 spiro atoms. The van der Waals surface area contributed by atoms with E-state index in [1.54, 1.807) is 0 Å². The summed E-state index contributed by atoms with van der Waals surface area (Å²) in [6.07, 6.45) is 0. The van der Waals surface area contributed by atoms with Gasteiger partial charge in [0.1, 0.15) is 33.5 Å². The van der Waals surface area contributed by atoms with E-state index in [1.807, 2.05) is 12.1 Å². The Balaban J connectivity index is 0.800. The molecular formula is C76H48N2O4. The largest absolute Gasteiger partial charge is 0.456 e. The number of anilines is 6. The van der Waals surface area contributed by atoms with Gasteiger partial charge in [0.15, 0.2) is 11.2 Å². The first-order valence-electron chi connectivity index (χ1n) is 27.9. The quantitative estimate of drug-likeness (QED) is 0.151. The molecule has 6 heteroatoms. The van der Waals surface area contributed by atoms with Crippen molar-refractivity contribution in [2.24, 2.45) is 0 Å². The van der Waals surface area contributed by atoms with E-state index < -0.39 is 0 Å². The number of fused-ring (bicyclic) bond motifs is 14. The summed E-state index contributed by atoms with van der Waals surface area (Å²) in [6, 6.07) is 90.6. The molecule has 82 heavy (non-hydrogen) atoms. The summed E-state index contributed by atoms with van der Waals surface area (Å²) in [6.45, 7) is 4.35. The topological polar surface area (TPSA) is 59.0 Å². The van der Waals surface area contributed by atoms with Crippen LogP contribution in [-0.2, 0) is 0 Å². The summed E-state index contributed by atoms with van der Waals surface area (Å²) in [5.41, 5.74) is 19.4. The number of benzene rings is 13. The van der Waals surface area contributed by atoms with Crippen molar-refractivity contribution in [1.82, 2.24) is 0 Å². The summed E-state index contributed by atoms with van der Waals surface area (Å²) in [4.78, 5) is 4.75. The molecule has 0 bridgehead atoms. The van der Waals surface area contributed by atoms with E-state index in [2.05, 4.69) is 266 Å². The van der Waals surface area contributed by atoms with Gasteiger partial charge in [0.05, 0.1) is 11.4 Å². The minimum Gasteiger partial charge on any atom is -0.456 e. The van der Waals surface area contributed by atoms with Crippen molar-refractivity contribution >= 4 is 143 Å². The van der Waals surface area contributed by atoms with Crippen molar-refractivity contribution in [3.63, 3.8) is 0 Å². The highest BCUT2D eigenvalue weighted by atomic mass is 16.3. The molecule has 0 N–H and O–H groups in total. The first kappa shape index (κ1) is 46.1. The van der Waals surface area contributed by atoms with Crippen molar-refractivity contribution < 1.29 is 17.7 Å². The fourth-order valence-corrected chi connectivity index (χ4v) is 12.9. The minimum atomic E-state index is 0.810. The van der Waals surface area contributed by atoms with Gasteiger partial charge in [-0.25, -0.2) is 0 Å². The molecular weight excluding hydrogens is 1000 g/mol. The number of hydrogen-bond donors (Lipinski definition) is 0. The first-order valence-corrected chi connectivity index (χ1v) is 27.9. The maximum Gasteiger partial charge on any atom is 0.160 e. The number of para-hydroxylation sites is 4. The molecule has 17 aromatic rings. The Bertz CT molecular complexity index is 5110. The maximum atomic E-state index is 6.88. The molecule has 0 fully saturated rings. The average Bonchev–Trinajstić information content (AvgIpc) is 4.33. The number of hydrogen-bond acceptors (Lipinski definition) is 6. The zero-order valence-electron chi connectivity index (χ0n) is 44.8. The third-order valence-corrected chi connectivity index (χ3v) is 16.8. The van der Waals surface area contributed by atoms with Gasteiger partial charge >= 0.3 is 0 Å². The maximum absolute atomic E-state index is 6.88.